The number of nitrogens with one attached hydrogen (secondary N) is 1. The van der Waals surface area contributed by atoms with Gasteiger partial charge in [0.25, 0.3) is 11.9 Å². The Morgan fingerprint density at radius 1 is 1.27 bits per heavy atom. The van der Waals surface area contributed by atoms with Crippen LogP contribution in [0.5, 0.6) is 0 Å². The fraction of sp³-hybridized carbons (Fsp3) is 0.222. The molecule has 0 fully saturated rings. The van der Waals surface area contributed by atoms with E-state index in [0.717, 1.165) is 0 Å². The zero-order valence-electron chi connectivity index (χ0n) is 13.9. The Hall–Kier alpha value is -2.93. The van der Waals surface area contributed by atoms with E-state index in [2.05, 4.69) is 5.32 Å². The number of para-hydroxylation sites is 1. The third-order valence-electron chi connectivity index (χ3n) is 4.46. The third-order valence-corrected chi connectivity index (χ3v) is 4.70. The standard InChI is InChI=1S/C18H16ClN3O4/c1-21(12-5-3-2-4-6-12)16(23)10-14-13-8-7-11(19)9-15(13)20-18(24)17(14)22(25)26/h2-9,14,17H,10H2,1H3,(H,20,24). The maximum absolute atomic E-state index is 12.7. The van der Waals surface area contributed by atoms with Gasteiger partial charge in [-0.25, -0.2) is 0 Å². The van der Waals surface area contributed by atoms with Gasteiger partial charge in [0.1, 0.15) is 0 Å². The highest BCUT2D eigenvalue weighted by molar-refractivity contribution is 6.31. The molecule has 1 heterocycles. The average Bonchev–Trinajstić information content (AvgIpc) is 2.60. The van der Waals surface area contributed by atoms with Crippen molar-refractivity contribution in [2.24, 2.45) is 0 Å². The van der Waals surface area contributed by atoms with E-state index in [4.69, 9.17) is 11.6 Å². The highest BCUT2D eigenvalue weighted by Crippen LogP contribution is 2.38. The molecule has 2 amide bonds. The molecule has 1 aliphatic heterocycles. The van der Waals surface area contributed by atoms with Crippen molar-refractivity contribution < 1.29 is 14.5 Å². The van der Waals surface area contributed by atoms with Gasteiger partial charge in [0.05, 0.1) is 5.92 Å². The second-order valence-electron chi connectivity index (χ2n) is 6.05. The molecule has 2 unspecified atom stereocenters. The summed E-state index contributed by atoms with van der Waals surface area (Å²) in [5.41, 5.74) is 1.61. The van der Waals surface area contributed by atoms with Gasteiger partial charge in [-0.3, -0.25) is 19.7 Å². The number of nitro groups is 1. The Kier molecular flexibility index (Phi) is 4.90. The lowest BCUT2D eigenvalue weighted by molar-refractivity contribution is -0.511. The van der Waals surface area contributed by atoms with E-state index >= 15 is 0 Å². The maximum Gasteiger partial charge on any atom is 0.299 e. The third kappa shape index (κ3) is 3.39. The van der Waals surface area contributed by atoms with Crippen LogP contribution in [-0.4, -0.2) is 29.8 Å². The summed E-state index contributed by atoms with van der Waals surface area (Å²) in [6.45, 7) is 0. The van der Waals surface area contributed by atoms with Gasteiger partial charge >= 0.3 is 0 Å². The fourth-order valence-corrected chi connectivity index (χ4v) is 3.28. The lowest BCUT2D eigenvalue weighted by Crippen LogP contribution is -2.45. The second kappa shape index (κ2) is 7.13. The summed E-state index contributed by atoms with van der Waals surface area (Å²) in [7, 11) is 1.60. The minimum atomic E-state index is -1.53. The summed E-state index contributed by atoms with van der Waals surface area (Å²) in [6.07, 6.45) is -0.168. The minimum absolute atomic E-state index is 0.168. The smallest absolute Gasteiger partial charge is 0.299 e. The van der Waals surface area contributed by atoms with Crippen molar-refractivity contribution >= 4 is 34.8 Å². The van der Waals surface area contributed by atoms with E-state index in [-0.39, 0.29) is 12.3 Å². The molecule has 7 nitrogen and oxygen atoms in total. The van der Waals surface area contributed by atoms with Crippen LogP contribution >= 0.6 is 11.6 Å². The molecular weight excluding hydrogens is 358 g/mol. The molecule has 0 radical (unpaired) electrons. The molecule has 8 heteroatoms. The maximum atomic E-state index is 12.7. The molecule has 134 valence electrons. The number of amides is 2. The van der Waals surface area contributed by atoms with Gasteiger partial charge in [0.15, 0.2) is 0 Å². The number of carbonyl (C=O) groups is 2. The van der Waals surface area contributed by atoms with Crippen molar-refractivity contribution in [3.8, 4) is 0 Å². The van der Waals surface area contributed by atoms with Gasteiger partial charge in [-0.1, -0.05) is 35.9 Å². The molecule has 26 heavy (non-hydrogen) atoms. The van der Waals surface area contributed by atoms with E-state index in [0.29, 0.717) is 22.0 Å². The summed E-state index contributed by atoms with van der Waals surface area (Å²) in [4.78, 5) is 37.2. The highest BCUT2D eigenvalue weighted by atomic mass is 35.5. The van der Waals surface area contributed by atoms with Crippen LogP contribution in [-0.2, 0) is 9.59 Å². The van der Waals surface area contributed by atoms with E-state index in [9.17, 15) is 19.7 Å². The van der Waals surface area contributed by atoms with Crippen LogP contribution in [0.2, 0.25) is 5.02 Å². The Bertz CT molecular complexity index is 872. The lowest BCUT2D eigenvalue weighted by atomic mass is 9.84. The first-order valence-electron chi connectivity index (χ1n) is 7.94. The van der Waals surface area contributed by atoms with Crippen molar-refractivity contribution in [3.05, 3.63) is 69.2 Å². The molecule has 0 saturated carbocycles. The molecule has 0 bridgehead atoms. The molecule has 2 atom stereocenters. The molecule has 0 aliphatic carbocycles. The molecule has 3 rings (SSSR count). The number of hydrogen-bond donors (Lipinski definition) is 1. The van der Waals surface area contributed by atoms with Gasteiger partial charge in [0, 0.05) is 34.8 Å². The van der Waals surface area contributed by atoms with Gasteiger partial charge in [0.2, 0.25) is 5.91 Å². The summed E-state index contributed by atoms with van der Waals surface area (Å²) in [5.74, 6) is -1.93. The van der Waals surface area contributed by atoms with Crippen LogP contribution in [0.1, 0.15) is 17.9 Å². The first-order valence-corrected chi connectivity index (χ1v) is 8.31. The molecular formula is C18H16ClN3O4. The number of halogens is 1. The predicted octanol–water partition coefficient (Wildman–Crippen LogP) is 3.07. The highest BCUT2D eigenvalue weighted by Gasteiger charge is 2.45. The number of nitrogens with zero attached hydrogens (tertiary/aromatic N) is 2. The first kappa shape index (κ1) is 17.9. The van der Waals surface area contributed by atoms with Crippen LogP contribution in [0, 0.1) is 10.1 Å². The van der Waals surface area contributed by atoms with Crippen molar-refractivity contribution in [3.63, 3.8) is 0 Å². The largest absolute Gasteiger partial charge is 0.320 e. The zero-order valence-corrected chi connectivity index (χ0v) is 14.6. The van der Waals surface area contributed by atoms with Gasteiger partial charge in [-0.2, -0.15) is 0 Å². The van der Waals surface area contributed by atoms with Crippen LogP contribution < -0.4 is 10.2 Å². The molecule has 2 aromatic carbocycles. The van der Waals surface area contributed by atoms with Crippen LogP contribution in [0.3, 0.4) is 0 Å². The van der Waals surface area contributed by atoms with E-state index in [1.165, 1.54) is 11.0 Å². The number of benzene rings is 2. The van der Waals surface area contributed by atoms with Crippen LogP contribution in [0.15, 0.2) is 48.5 Å². The van der Waals surface area contributed by atoms with Gasteiger partial charge in [-0.05, 0) is 29.8 Å². The number of hydrogen-bond acceptors (Lipinski definition) is 4. The number of carbonyl (C=O) groups excluding carboxylic acids is 2. The van der Waals surface area contributed by atoms with Crippen LogP contribution in [0.25, 0.3) is 0 Å². The van der Waals surface area contributed by atoms with E-state index in [1.807, 2.05) is 6.07 Å². The van der Waals surface area contributed by atoms with Crippen LogP contribution in [0.4, 0.5) is 11.4 Å². The Morgan fingerprint density at radius 3 is 2.62 bits per heavy atom. The summed E-state index contributed by atoms with van der Waals surface area (Å²) in [5, 5.41) is 14.4. The molecule has 0 aromatic heterocycles. The number of rotatable bonds is 4. The molecule has 1 N–H and O–H groups in total. The molecule has 0 saturated heterocycles. The Balaban J connectivity index is 1.94. The summed E-state index contributed by atoms with van der Waals surface area (Å²) >= 11 is 5.95. The van der Waals surface area contributed by atoms with Crippen molar-refractivity contribution in [1.29, 1.82) is 0 Å². The lowest BCUT2D eigenvalue weighted by Gasteiger charge is -2.29. The molecule has 2 aromatic rings. The van der Waals surface area contributed by atoms with Gasteiger partial charge in [-0.15, -0.1) is 0 Å². The van der Waals surface area contributed by atoms with Crippen molar-refractivity contribution in [2.75, 3.05) is 17.3 Å². The zero-order chi connectivity index (χ0) is 18.8. The Morgan fingerprint density at radius 2 is 1.96 bits per heavy atom. The summed E-state index contributed by atoms with van der Waals surface area (Å²) < 4.78 is 0. The Labute approximate surface area is 154 Å². The SMILES string of the molecule is CN(C(=O)CC1c2ccc(Cl)cc2NC(=O)C1[N+](=O)[O-])c1ccccc1. The van der Waals surface area contributed by atoms with E-state index < -0.39 is 22.8 Å². The monoisotopic (exact) mass is 373 g/mol. The number of anilines is 2. The molecule has 1 aliphatic rings. The van der Waals surface area contributed by atoms with Crippen molar-refractivity contribution in [1.82, 2.24) is 0 Å². The topological polar surface area (TPSA) is 92.6 Å². The predicted molar refractivity (Wildman–Crippen MR) is 98.1 cm³/mol. The first-order chi connectivity index (χ1) is 12.4. The minimum Gasteiger partial charge on any atom is -0.320 e. The van der Waals surface area contributed by atoms with Crippen molar-refractivity contribution in [2.45, 2.75) is 18.4 Å². The fourth-order valence-electron chi connectivity index (χ4n) is 3.10. The number of fused-ring (bicyclic) bond motifs is 1. The van der Waals surface area contributed by atoms with Gasteiger partial charge < -0.3 is 10.2 Å². The summed E-state index contributed by atoms with van der Waals surface area (Å²) in [6, 6.07) is 12.2. The quantitative estimate of drug-likeness (QED) is 0.658. The molecule has 0 spiro atoms. The second-order valence-corrected chi connectivity index (χ2v) is 6.49. The normalized spacial score (nSPS) is 18.6. The average molecular weight is 374 g/mol. The van der Waals surface area contributed by atoms with E-state index in [1.54, 1.807) is 43.4 Å².